The fraction of sp³-hybridized carbons (Fsp3) is 0.786. The number of hydrogen-bond acceptors (Lipinski definition) is 3. The standard InChI is InChI=1S/C14H25N3O2S/c1-3-17(2)11(18)10-16-13(19)14(12(15)20)8-6-4-5-7-9-14/h3-10H2,1-2H3,(H2,15,20)(H,16,19). The van der Waals surface area contributed by atoms with E-state index in [2.05, 4.69) is 5.32 Å². The van der Waals surface area contributed by atoms with Crippen molar-refractivity contribution in [1.82, 2.24) is 10.2 Å². The molecule has 3 N–H and O–H groups in total. The van der Waals surface area contributed by atoms with E-state index >= 15 is 0 Å². The summed E-state index contributed by atoms with van der Waals surface area (Å²) in [6.07, 6.45) is 5.49. The molecule has 0 saturated heterocycles. The zero-order valence-corrected chi connectivity index (χ0v) is 13.2. The van der Waals surface area contributed by atoms with Gasteiger partial charge in [-0.25, -0.2) is 0 Å². The molecule has 0 bridgehead atoms. The van der Waals surface area contributed by atoms with Crippen molar-refractivity contribution in [2.75, 3.05) is 20.1 Å². The van der Waals surface area contributed by atoms with Gasteiger partial charge in [-0.2, -0.15) is 0 Å². The van der Waals surface area contributed by atoms with E-state index in [-0.39, 0.29) is 23.3 Å². The van der Waals surface area contributed by atoms with E-state index in [1.54, 1.807) is 11.9 Å². The highest BCUT2D eigenvalue weighted by atomic mass is 32.1. The Bertz CT molecular complexity index is 377. The Morgan fingerprint density at radius 1 is 1.25 bits per heavy atom. The summed E-state index contributed by atoms with van der Waals surface area (Å²) >= 11 is 5.14. The van der Waals surface area contributed by atoms with Gasteiger partial charge in [0.05, 0.1) is 16.9 Å². The Balaban J connectivity index is 2.70. The first kappa shape index (κ1) is 16.9. The lowest BCUT2D eigenvalue weighted by molar-refractivity contribution is -0.134. The van der Waals surface area contributed by atoms with Crippen LogP contribution in [-0.2, 0) is 9.59 Å². The Hall–Kier alpha value is -1.17. The first-order valence-corrected chi connectivity index (χ1v) is 7.67. The van der Waals surface area contributed by atoms with Crippen molar-refractivity contribution < 1.29 is 9.59 Å². The molecule has 0 radical (unpaired) electrons. The van der Waals surface area contributed by atoms with Gasteiger partial charge in [0.15, 0.2) is 0 Å². The third-order valence-corrected chi connectivity index (χ3v) is 4.55. The molecule has 1 fully saturated rings. The van der Waals surface area contributed by atoms with Crippen molar-refractivity contribution in [3.05, 3.63) is 0 Å². The Labute approximate surface area is 126 Å². The molecule has 0 aromatic carbocycles. The Kier molecular flexibility index (Phi) is 6.39. The Morgan fingerprint density at radius 2 is 1.80 bits per heavy atom. The second-order valence-corrected chi connectivity index (χ2v) is 5.89. The summed E-state index contributed by atoms with van der Waals surface area (Å²) in [6, 6.07) is 0. The van der Waals surface area contributed by atoms with E-state index in [1.165, 1.54) is 0 Å². The predicted octanol–water partition coefficient (Wildman–Crippen LogP) is 1.21. The van der Waals surface area contributed by atoms with Crippen LogP contribution in [-0.4, -0.2) is 41.8 Å². The molecule has 1 saturated carbocycles. The van der Waals surface area contributed by atoms with Gasteiger partial charge in [-0.3, -0.25) is 9.59 Å². The number of hydrogen-bond donors (Lipinski definition) is 2. The van der Waals surface area contributed by atoms with E-state index in [4.69, 9.17) is 18.0 Å². The maximum atomic E-state index is 12.5. The maximum Gasteiger partial charge on any atom is 0.241 e. The van der Waals surface area contributed by atoms with Crippen LogP contribution in [0, 0.1) is 5.41 Å². The van der Waals surface area contributed by atoms with Crippen LogP contribution in [0.2, 0.25) is 0 Å². The minimum Gasteiger partial charge on any atom is -0.392 e. The molecule has 0 spiro atoms. The summed E-state index contributed by atoms with van der Waals surface area (Å²) < 4.78 is 0. The molecule has 0 aliphatic heterocycles. The topological polar surface area (TPSA) is 75.4 Å². The summed E-state index contributed by atoms with van der Waals surface area (Å²) in [4.78, 5) is 26.1. The van der Waals surface area contributed by atoms with Gasteiger partial charge in [-0.1, -0.05) is 37.9 Å². The molecule has 1 aliphatic rings. The summed E-state index contributed by atoms with van der Waals surface area (Å²) in [5.41, 5.74) is 5.07. The monoisotopic (exact) mass is 299 g/mol. The van der Waals surface area contributed by atoms with E-state index in [1.807, 2.05) is 6.92 Å². The number of carbonyl (C=O) groups excluding carboxylic acids is 2. The molecule has 0 heterocycles. The minimum atomic E-state index is -0.767. The van der Waals surface area contributed by atoms with E-state index in [0.29, 0.717) is 19.4 Å². The average Bonchev–Trinajstić information content (AvgIpc) is 2.70. The molecule has 0 aromatic rings. The van der Waals surface area contributed by atoms with Gasteiger partial charge in [-0.15, -0.1) is 0 Å². The zero-order valence-electron chi connectivity index (χ0n) is 12.4. The van der Waals surface area contributed by atoms with Crippen molar-refractivity contribution >= 4 is 29.0 Å². The minimum absolute atomic E-state index is 0.00748. The van der Waals surface area contributed by atoms with E-state index in [9.17, 15) is 9.59 Å². The molecule has 20 heavy (non-hydrogen) atoms. The first-order valence-electron chi connectivity index (χ1n) is 7.26. The molecule has 2 amide bonds. The number of nitrogens with zero attached hydrogens (tertiary/aromatic N) is 1. The fourth-order valence-corrected chi connectivity index (χ4v) is 2.85. The first-order chi connectivity index (χ1) is 9.44. The van der Waals surface area contributed by atoms with Crippen LogP contribution in [0.15, 0.2) is 0 Å². The van der Waals surface area contributed by atoms with Gasteiger partial charge in [-0.05, 0) is 19.8 Å². The average molecular weight is 299 g/mol. The highest BCUT2D eigenvalue weighted by Gasteiger charge is 2.41. The molecular weight excluding hydrogens is 274 g/mol. The smallest absolute Gasteiger partial charge is 0.241 e. The molecule has 114 valence electrons. The number of rotatable bonds is 5. The fourth-order valence-electron chi connectivity index (χ4n) is 2.55. The normalized spacial score (nSPS) is 17.9. The van der Waals surface area contributed by atoms with Crippen LogP contribution in [0.5, 0.6) is 0 Å². The SMILES string of the molecule is CCN(C)C(=O)CNC(=O)C1(C(N)=S)CCCCCC1. The molecule has 0 atom stereocenters. The molecule has 1 aliphatic carbocycles. The quantitative estimate of drug-likeness (QED) is 0.591. The number of thiocarbonyl (C=S) groups is 1. The van der Waals surface area contributed by atoms with Crippen LogP contribution in [0.4, 0.5) is 0 Å². The highest BCUT2D eigenvalue weighted by molar-refractivity contribution is 7.80. The largest absolute Gasteiger partial charge is 0.392 e. The van der Waals surface area contributed by atoms with E-state index in [0.717, 1.165) is 25.7 Å². The number of nitrogens with two attached hydrogens (primary N) is 1. The number of carbonyl (C=O) groups is 2. The van der Waals surface area contributed by atoms with E-state index < -0.39 is 5.41 Å². The summed E-state index contributed by atoms with van der Waals surface area (Å²) in [5.74, 6) is -0.294. The lowest BCUT2D eigenvalue weighted by atomic mass is 9.79. The Morgan fingerprint density at radius 3 is 2.25 bits per heavy atom. The predicted molar refractivity (Wildman–Crippen MR) is 83.2 cm³/mol. The molecule has 6 heteroatoms. The second-order valence-electron chi connectivity index (χ2n) is 5.45. The summed E-state index contributed by atoms with van der Waals surface area (Å²) in [5, 5.41) is 2.72. The van der Waals surface area contributed by atoms with Gasteiger partial charge >= 0.3 is 0 Å². The lowest BCUT2D eigenvalue weighted by Gasteiger charge is -2.30. The van der Waals surface area contributed by atoms with Gasteiger partial charge in [0.2, 0.25) is 11.8 Å². The number of nitrogens with one attached hydrogen (secondary N) is 1. The van der Waals surface area contributed by atoms with Crippen molar-refractivity contribution in [2.24, 2.45) is 11.1 Å². The van der Waals surface area contributed by atoms with Crippen LogP contribution >= 0.6 is 12.2 Å². The van der Waals surface area contributed by atoms with Gasteiger partial charge < -0.3 is 16.0 Å². The highest BCUT2D eigenvalue weighted by Crippen LogP contribution is 2.35. The van der Waals surface area contributed by atoms with Crippen LogP contribution in [0.25, 0.3) is 0 Å². The van der Waals surface area contributed by atoms with Crippen molar-refractivity contribution in [3.63, 3.8) is 0 Å². The molecule has 5 nitrogen and oxygen atoms in total. The van der Waals surface area contributed by atoms with Crippen LogP contribution in [0.3, 0.4) is 0 Å². The third-order valence-electron chi connectivity index (χ3n) is 4.16. The maximum absolute atomic E-state index is 12.5. The van der Waals surface area contributed by atoms with Gasteiger partial charge in [0, 0.05) is 13.6 Å². The van der Waals surface area contributed by atoms with Crippen molar-refractivity contribution in [1.29, 1.82) is 0 Å². The summed E-state index contributed by atoms with van der Waals surface area (Å²) in [6.45, 7) is 2.52. The van der Waals surface area contributed by atoms with Crippen molar-refractivity contribution in [2.45, 2.75) is 45.4 Å². The van der Waals surface area contributed by atoms with Crippen LogP contribution in [0.1, 0.15) is 45.4 Å². The zero-order chi connectivity index (χ0) is 15.2. The lowest BCUT2D eigenvalue weighted by Crippen LogP contribution is -2.50. The molecular formula is C14H25N3O2S. The van der Waals surface area contributed by atoms with Gasteiger partial charge in [0.1, 0.15) is 0 Å². The van der Waals surface area contributed by atoms with Crippen LogP contribution < -0.4 is 11.1 Å². The van der Waals surface area contributed by atoms with Gasteiger partial charge in [0.25, 0.3) is 0 Å². The molecule has 0 unspecified atom stereocenters. The summed E-state index contributed by atoms with van der Waals surface area (Å²) in [7, 11) is 1.71. The number of likely N-dealkylation sites (N-methyl/N-ethyl adjacent to an activating group) is 1. The number of amides is 2. The third kappa shape index (κ3) is 3.91. The molecule has 1 rings (SSSR count). The van der Waals surface area contributed by atoms with Crippen molar-refractivity contribution in [3.8, 4) is 0 Å². The second kappa shape index (κ2) is 7.57. The molecule has 0 aromatic heterocycles.